The molecule has 2 rings (SSSR count). The molecule has 20 heavy (non-hydrogen) atoms. The first-order valence-corrected chi connectivity index (χ1v) is 6.85. The molecule has 1 amide bonds. The van der Waals surface area contributed by atoms with Crippen molar-refractivity contribution in [2.45, 2.75) is 31.9 Å². The first kappa shape index (κ1) is 14.7. The molecule has 2 unspecified atom stereocenters. The third-order valence-electron chi connectivity index (χ3n) is 3.43. The van der Waals surface area contributed by atoms with Gasteiger partial charge in [-0.2, -0.15) is 0 Å². The van der Waals surface area contributed by atoms with Gasteiger partial charge >= 0.3 is 0 Å². The van der Waals surface area contributed by atoms with Crippen LogP contribution in [0.2, 0.25) is 0 Å². The number of amides is 1. The van der Waals surface area contributed by atoms with Crippen molar-refractivity contribution in [1.29, 1.82) is 0 Å². The Kier molecular flexibility index (Phi) is 4.49. The van der Waals surface area contributed by atoms with E-state index in [0.29, 0.717) is 17.9 Å². The van der Waals surface area contributed by atoms with Crippen molar-refractivity contribution in [3.05, 3.63) is 23.8 Å². The smallest absolute Gasteiger partial charge is 0.263 e. The average molecular weight is 278 g/mol. The van der Waals surface area contributed by atoms with Crippen LogP contribution in [-0.4, -0.2) is 43.7 Å². The summed E-state index contributed by atoms with van der Waals surface area (Å²) in [5.41, 5.74) is 6.89. The summed E-state index contributed by atoms with van der Waals surface area (Å²) in [5, 5.41) is 0. The Balaban J connectivity index is 2.13. The summed E-state index contributed by atoms with van der Waals surface area (Å²) in [4.78, 5) is 13.5. The van der Waals surface area contributed by atoms with E-state index in [9.17, 15) is 4.79 Å². The number of carbonyl (C=O) groups is 1. The summed E-state index contributed by atoms with van der Waals surface area (Å²) in [5.74, 6) is 1.27. The molecule has 5 nitrogen and oxygen atoms in total. The molecule has 1 aromatic carbocycles. The number of methoxy groups -OCH3 is 1. The number of benzene rings is 1. The molecule has 0 radical (unpaired) electrons. The van der Waals surface area contributed by atoms with E-state index in [4.69, 9.17) is 15.2 Å². The van der Waals surface area contributed by atoms with Gasteiger partial charge in [0.15, 0.2) is 17.6 Å². The van der Waals surface area contributed by atoms with Crippen molar-refractivity contribution in [3.63, 3.8) is 0 Å². The molecule has 110 valence electrons. The minimum Gasteiger partial charge on any atom is -0.493 e. The molecule has 0 aromatic heterocycles. The minimum absolute atomic E-state index is 0.0201. The van der Waals surface area contributed by atoms with Crippen molar-refractivity contribution in [3.8, 4) is 11.5 Å². The highest BCUT2D eigenvalue weighted by Crippen LogP contribution is 2.30. The second-order valence-electron chi connectivity index (χ2n) is 5.32. The van der Waals surface area contributed by atoms with Gasteiger partial charge in [-0.1, -0.05) is 6.07 Å². The van der Waals surface area contributed by atoms with E-state index in [1.165, 1.54) is 0 Å². The summed E-state index contributed by atoms with van der Waals surface area (Å²) in [6, 6.07) is 5.82. The van der Waals surface area contributed by atoms with Crippen LogP contribution in [0, 0.1) is 0 Å². The summed E-state index contributed by atoms with van der Waals surface area (Å²) in [7, 11) is 3.38. The van der Waals surface area contributed by atoms with E-state index in [0.717, 1.165) is 18.5 Å². The maximum Gasteiger partial charge on any atom is 0.263 e. The van der Waals surface area contributed by atoms with Gasteiger partial charge in [-0.3, -0.25) is 4.79 Å². The van der Waals surface area contributed by atoms with E-state index in [1.54, 1.807) is 19.1 Å². The molecule has 0 bridgehead atoms. The summed E-state index contributed by atoms with van der Waals surface area (Å²) < 4.78 is 11.1. The number of likely N-dealkylation sites (N-methyl/N-ethyl adjacent to an activating group) is 1. The van der Waals surface area contributed by atoms with Crippen molar-refractivity contribution >= 4 is 5.91 Å². The van der Waals surface area contributed by atoms with Crippen LogP contribution in [0.15, 0.2) is 18.2 Å². The predicted octanol–water partition coefficient (Wildman–Crippen LogP) is 1.19. The predicted molar refractivity (Wildman–Crippen MR) is 77.0 cm³/mol. The highest BCUT2D eigenvalue weighted by Gasteiger charge is 2.31. The van der Waals surface area contributed by atoms with Crippen LogP contribution in [0.5, 0.6) is 11.5 Å². The third-order valence-corrected chi connectivity index (χ3v) is 3.43. The lowest BCUT2D eigenvalue weighted by Gasteiger charge is -2.16. The number of nitrogens with two attached hydrogens (primary N) is 1. The van der Waals surface area contributed by atoms with E-state index in [-0.39, 0.29) is 11.9 Å². The van der Waals surface area contributed by atoms with Crippen LogP contribution in [0.25, 0.3) is 0 Å². The Bertz CT molecular complexity index is 488. The van der Waals surface area contributed by atoms with Crippen LogP contribution >= 0.6 is 0 Å². The zero-order valence-electron chi connectivity index (χ0n) is 12.3. The molecule has 1 aliphatic heterocycles. The van der Waals surface area contributed by atoms with E-state index >= 15 is 0 Å². The van der Waals surface area contributed by atoms with Crippen LogP contribution < -0.4 is 15.2 Å². The van der Waals surface area contributed by atoms with Gasteiger partial charge in [0, 0.05) is 26.1 Å². The largest absolute Gasteiger partial charge is 0.493 e. The number of nitrogens with zero attached hydrogens (tertiary/aromatic N) is 1. The molecule has 1 heterocycles. The normalized spacial score (nSPS) is 20.1. The number of ether oxygens (including phenoxy) is 2. The summed E-state index contributed by atoms with van der Waals surface area (Å²) >= 11 is 0. The Morgan fingerprint density at radius 2 is 2.20 bits per heavy atom. The zero-order chi connectivity index (χ0) is 14.7. The van der Waals surface area contributed by atoms with Crippen LogP contribution in [0.3, 0.4) is 0 Å². The fraction of sp³-hybridized carbons (Fsp3) is 0.533. The van der Waals surface area contributed by atoms with Crippen molar-refractivity contribution in [2.24, 2.45) is 5.73 Å². The van der Waals surface area contributed by atoms with Crippen molar-refractivity contribution < 1.29 is 14.3 Å². The molecule has 2 N–H and O–H groups in total. The lowest BCUT2D eigenvalue weighted by molar-refractivity contribution is -0.132. The molecule has 1 fully saturated rings. The van der Waals surface area contributed by atoms with Crippen LogP contribution in [-0.2, 0) is 11.2 Å². The number of hydrogen-bond donors (Lipinski definition) is 1. The Morgan fingerprint density at radius 1 is 1.45 bits per heavy atom. The monoisotopic (exact) mass is 278 g/mol. The fourth-order valence-corrected chi connectivity index (χ4v) is 2.36. The maximum absolute atomic E-state index is 11.9. The lowest BCUT2D eigenvalue weighted by Crippen LogP contribution is -2.29. The van der Waals surface area contributed by atoms with E-state index in [2.05, 4.69) is 0 Å². The molecule has 2 atom stereocenters. The van der Waals surface area contributed by atoms with Gasteiger partial charge in [0.2, 0.25) is 0 Å². The van der Waals surface area contributed by atoms with Gasteiger partial charge in [-0.15, -0.1) is 0 Å². The number of hydrogen-bond acceptors (Lipinski definition) is 4. The van der Waals surface area contributed by atoms with Gasteiger partial charge in [0.25, 0.3) is 5.91 Å². The van der Waals surface area contributed by atoms with E-state index in [1.807, 2.05) is 25.1 Å². The van der Waals surface area contributed by atoms with Gasteiger partial charge < -0.3 is 20.1 Å². The summed E-state index contributed by atoms with van der Waals surface area (Å²) in [6.45, 7) is 2.69. The molecule has 0 spiro atoms. The average Bonchev–Trinajstić information content (AvgIpc) is 2.71. The number of likely N-dealkylation sites (tertiary alicyclic amines) is 1. The van der Waals surface area contributed by atoms with E-state index < -0.39 is 6.10 Å². The van der Waals surface area contributed by atoms with Gasteiger partial charge in [-0.25, -0.2) is 0 Å². The molecular formula is C15H22N2O3. The Morgan fingerprint density at radius 3 is 2.75 bits per heavy atom. The Hall–Kier alpha value is -1.75. The molecule has 0 saturated carbocycles. The highest BCUT2D eigenvalue weighted by molar-refractivity contribution is 5.83. The highest BCUT2D eigenvalue weighted by atomic mass is 16.5. The molecule has 5 heteroatoms. The second-order valence-corrected chi connectivity index (χ2v) is 5.32. The molecule has 1 saturated heterocycles. The van der Waals surface area contributed by atoms with Crippen molar-refractivity contribution in [1.82, 2.24) is 4.90 Å². The van der Waals surface area contributed by atoms with Gasteiger partial charge in [-0.05, 0) is 31.0 Å². The van der Waals surface area contributed by atoms with Gasteiger partial charge in [0.05, 0.1) is 7.11 Å². The quantitative estimate of drug-likeness (QED) is 0.879. The van der Waals surface area contributed by atoms with Crippen LogP contribution in [0.1, 0.15) is 18.9 Å². The Labute approximate surface area is 119 Å². The number of carbonyl (C=O) groups excluding carboxylic acids is 1. The molecular weight excluding hydrogens is 256 g/mol. The topological polar surface area (TPSA) is 64.8 Å². The third kappa shape index (κ3) is 3.22. The number of rotatable bonds is 5. The minimum atomic E-state index is -0.409. The zero-order valence-corrected chi connectivity index (χ0v) is 12.3. The molecule has 1 aromatic rings. The molecule has 1 aliphatic rings. The van der Waals surface area contributed by atoms with Crippen molar-refractivity contribution in [2.75, 3.05) is 20.7 Å². The first-order valence-electron chi connectivity index (χ1n) is 6.85. The standard InChI is InChI=1S/C15H22N2O3/c1-10(16)8-11-4-5-12(14(9-11)19-3)20-13-6-7-17(2)15(13)18/h4-5,9-10,13H,6-8,16H2,1-3H3. The first-order chi connectivity index (χ1) is 9.51. The molecule has 0 aliphatic carbocycles. The lowest BCUT2D eigenvalue weighted by atomic mass is 10.1. The maximum atomic E-state index is 11.9. The van der Waals surface area contributed by atoms with Gasteiger partial charge in [0.1, 0.15) is 0 Å². The summed E-state index contributed by atoms with van der Waals surface area (Å²) in [6.07, 6.45) is 1.08. The fourth-order valence-electron chi connectivity index (χ4n) is 2.36. The second kappa shape index (κ2) is 6.13. The SMILES string of the molecule is COc1cc(CC(C)N)ccc1OC1CCN(C)C1=O. The van der Waals surface area contributed by atoms with Crippen LogP contribution in [0.4, 0.5) is 0 Å².